The third-order valence-electron chi connectivity index (χ3n) is 4.07. The van der Waals surface area contributed by atoms with Gasteiger partial charge in [0.15, 0.2) is 0 Å². The van der Waals surface area contributed by atoms with Crippen LogP contribution in [0.2, 0.25) is 0 Å². The maximum atomic E-state index is 12.4. The van der Waals surface area contributed by atoms with E-state index in [0.29, 0.717) is 17.9 Å². The van der Waals surface area contributed by atoms with E-state index in [1.807, 2.05) is 0 Å². The second kappa shape index (κ2) is 5.17. The van der Waals surface area contributed by atoms with Gasteiger partial charge in [-0.15, -0.1) is 0 Å². The van der Waals surface area contributed by atoms with Crippen LogP contribution in [0.15, 0.2) is 0 Å². The smallest absolute Gasteiger partial charge is 0.226 e. The van der Waals surface area contributed by atoms with E-state index in [-0.39, 0.29) is 0 Å². The van der Waals surface area contributed by atoms with Crippen molar-refractivity contribution in [2.45, 2.75) is 45.1 Å². The van der Waals surface area contributed by atoms with Crippen molar-refractivity contribution >= 4 is 5.91 Å². The molecule has 0 aromatic carbocycles. The molecule has 1 amide bonds. The van der Waals surface area contributed by atoms with Crippen molar-refractivity contribution < 1.29 is 4.79 Å². The zero-order chi connectivity index (χ0) is 11.5. The number of hydrogen-bond acceptors (Lipinski definition) is 2. The monoisotopic (exact) mass is 224 g/mol. The van der Waals surface area contributed by atoms with Gasteiger partial charge in [-0.2, -0.15) is 0 Å². The lowest BCUT2D eigenvalue weighted by atomic mass is 9.88. The molecule has 0 N–H and O–H groups in total. The third kappa shape index (κ3) is 2.57. The molecule has 1 heterocycles. The maximum Gasteiger partial charge on any atom is 0.226 e. The average Bonchev–Trinajstić information content (AvgIpc) is 2.29. The molecule has 1 saturated carbocycles. The van der Waals surface area contributed by atoms with Crippen molar-refractivity contribution in [1.29, 1.82) is 0 Å². The van der Waals surface area contributed by atoms with Gasteiger partial charge in [0.25, 0.3) is 0 Å². The van der Waals surface area contributed by atoms with Crippen LogP contribution in [0.5, 0.6) is 0 Å². The Morgan fingerprint density at radius 2 is 1.81 bits per heavy atom. The van der Waals surface area contributed by atoms with Crippen molar-refractivity contribution in [3.63, 3.8) is 0 Å². The number of hydrogen-bond donors (Lipinski definition) is 0. The molecule has 0 bridgehead atoms. The Morgan fingerprint density at radius 3 is 2.44 bits per heavy atom. The van der Waals surface area contributed by atoms with E-state index in [4.69, 9.17) is 0 Å². The molecule has 1 unspecified atom stereocenters. The summed E-state index contributed by atoms with van der Waals surface area (Å²) in [6.45, 7) is 5.16. The Bertz CT molecular complexity index is 248. The summed E-state index contributed by atoms with van der Waals surface area (Å²) in [5.41, 5.74) is 0. The summed E-state index contributed by atoms with van der Waals surface area (Å²) in [5, 5.41) is 0. The van der Waals surface area contributed by atoms with Crippen LogP contribution in [0.1, 0.15) is 39.0 Å². The molecule has 2 aliphatic rings. The molecule has 2 fully saturated rings. The third-order valence-corrected chi connectivity index (χ3v) is 4.07. The van der Waals surface area contributed by atoms with Gasteiger partial charge in [0.05, 0.1) is 0 Å². The molecule has 92 valence electrons. The molecule has 0 spiro atoms. The number of piperazine rings is 1. The molecule has 1 atom stereocenters. The highest BCUT2D eigenvalue weighted by molar-refractivity contribution is 5.79. The van der Waals surface area contributed by atoms with Crippen molar-refractivity contribution in [1.82, 2.24) is 9.80 Å². The second-order valence-corrected chi connectivity index (χ2v) is 5.48. The predicted molar refractivity (Wildman–Crippen MR) is 65.2 cm³/mol. The summed E-state index contributed by atoms with van der Waals surface area (Å²) in [7, 11) is 2.14. The second-order valence-electron chi connectivity index (χ2n) is 5.48. The predicted octanol–water partition coefficient (Wildman–Crippen LogP) is 1.73. The fourth-order valence-corrected chi connectivity index (χ4v) is 3.05. The Labute approximate surface area is 98.8 Å². The van der Waals surface area contributed by atoms with Crippen LogP contribution < -0.4 is 0 Å². The lowest BCUT2D eigenvalue weighted by Crippen LogP contribution is -2.54. The summed E-state index contributed by atoms with van der Waals surface area (Å²) >= 11 is 0. The Kier molecular flexibility index (Phi) is 3.85. The van der Waals surface area contributed by atoms with E-state index in [1.165, 1.54) is 19.3 Å². The number of carbonyl (C=O) groups is 1. The fourth-order valence-electron chi connectivity index (χ4n) is 3.05. The molecule has 0 radical (unpaired) electrons. The van der Waals surface area contributed by atoms with Crippen molar-refractivity contribution in [3.05, 3.63) is 0 Å². The molecule has 0 aromatic heterocycles. The van der Waals surface area contributed by atoms with Crippen molar-refractivity contribution in [3.8, 4) is 0 Å². The number of likely N-dealkylation sites (N-methyl/N-ethyl adjacent to an activating group) is 1. The van der Waals surface area contributed by atoms with Crippen LogP contribution in [-0.4, -0.2) is 48.4 Å². The SMILES string of the molecule is CC1CN(C)CCN1C(=O)C1CCCCC1. The first-order valence-corrected chi connectivity index (χ1v) is 6.67. The zero-order valence-electron chi connectivity index (χ0n) is 10.6. The summed E-state index contributed by atoms with van der Waals surface area (Å²) < 4.78 is 0. The molecular formula is C13H24N2O. The van der Waals surface area contributed by atoms with Gasteiger partial charge in [-0.1, -0.05) is 19.3 Å². The van der Waals surface area contributed by atoms with Crippen LogP contribution in [-0.2, 0) is 4.79 Å². The number of carbonyl (C=O) groups excluding carboxylic acids is 1. The van der Waals surface area contributed by atoms with Crippen LogP contribution in [0.25, 0.3) is 0 Å². The molecule has 3 nitrogen and oxygen atoms in total. The minimum Gasteiger partial charge on any atom is -0.337 e. The quantitative estimate of drug-likeness (QED) is 0.677. The minimum atomic E-state index is 0.333. The van der Waals surface area contributed by atoms with E-state index in [0.717, 1.165) is 32.5 Å². The van der Waals surface area contributed by atoms with Gasteiger partial charge in [-0.05, 0) is 26.8 Å². The van der Waals surface area contributed by atoms with E-state index < -0.39 is 0 Å². The highest BCUT2D eigenvalue weighted by atomic mass is 16.2. The van der Waals surface area contributed by atoms with Crippen molar-refractivity contribution in [2.24, 2.45) is 5.92 Å². The first-order chi connectivity index (χ1) is 7.68. The standard InChI is InChI=1S/C13H24N2O/c1-11-10-14(2)8-9-15(11)13(16)12-6-4-3-5-7-12/h11-12H,3-10H2,1-2H3. The molecule has 2 rings (SSSR count). The zero-order valence-corrected chi connectivity index (χ0v) is 10.6. The molecule has 1 saturated heterocycles. The molecule has 3 heteroatoms. The molecule has 1 aliphatic carbocycles. The topological polar surface area (TPSA) is 23.6 Å². The van der Waals surface area contributed by atoms with Gasteiger partial charge in [-0.25, -0.2) is 0 Å². The fraction of sp³-hybridized carbons (Fsp3) is 0.923. The van der Waals surface area contributed by atoms with Crippen LogP contribution in [0.4, 0.5) is 0 Å². The van der Waals surface area contributed by atoms with E-state index in [2.05, 4.69) is 23.8 Å². The van der Waals surface area contributed by atoms with Crippen LogP contribution in [0.3, 0.4) is 0 Å². The Morgan fingerprint density at radius 1 is 1.12 bits per heavy atom. The lowest BCUT2D eigenvalue weighted by molar-refractivity contribution is -0.140. The van der Waals surface area contributed by atoms with Crippen LogP contribution >= 0.6 is 0 Å². The van der Waals surface area contributed by atoms with E-state index in [9.17, 15) is 4.79 Å². The highest BCUT2D eigenvalue weighted by Gasteiger charge is 2.31. The van der Waals surface area contributed by atoms with Gasteiger partial charge < -0.3 is 9.80 Å². The highest BCUT2D eigenvalue weighted by Crippen LogP contribution is 2.26. The molecule has 0 aromatic rings. The first kappa shape index (κ1) is 11.9. The van der Waals surface area contributed by atoms with Gasteiger partial charge in [-0.3, -0.25) is 4.79 Å². The normalized spacial score (nSPS) is 29.4. The number of amides is 1. The first-order valence-electron chi connectivity index (χ1n) is 6.67. The lowest BCUT2D eigenvalue weighted by Gasteiger charge is -2.40. The number of rotatable bonds is 1. The summed E-state index contributed by atoms with van der Waals surface area (Å²) in [4.78, 5) is 16.8. The summed E-state index contributed by atoms with van der Waals surface area (Å²) in [5.74, 6) is 0.764. The Balaban J connectivity index is 1.92. The molecular weight excluding hydrogens is 200 g/mol. The number of nitrogens with zero attached hydrogens (tertiary/aromatic N) is 2. The molecule has 16 heavy (non-hydrogen) atoms. The van der Waals surface area contributed by atoms with Gasteiger partial charge in [0.2, 0.25) is 5.91 Å². The largest absolute Gasteiger partial charge is 0.337 e. The average molecular weight is 224 g/mol. The van der Waals surface area contributed by atoms with Gasteiger partial charge in [0, 0.05) is 31.6 Å². The maximum absolute atomic E-state index is 12.4. The summed E-state index contributed by atoms with van der Waals surface area (Å²) in [6, 6.07) is 0.396. The van der Waals surface area contributed by atoms with Crippen molar-refractivity contribution in [2.75, 3.05) is 26.7 Å². The van der Waals surface area contributed by atoms with Crippen LogP contribution in [0, 0.1) is 5.92 Å². The van der Waals surface area contributed by atoms with E-state index >= 15 is 0 Å². The molecule has 1 aliphatic heterocycles. The Hall–Kier alpha value is -0.570. The van der Waals surface area contributed by atoms with E-state index in [1.54, 1.807) is 0 Å². The summed E-state index contributed by atoms with van der Waals surface area (Å²) in [6.07, 6.45) is 6.06. The van der Waals surface area contributed by atoms with Gasteiger partial charge in [0.1, 0.15) is 0 Å². The minimum absolute atomic E-state index is 0.333. The van der Waals surface area contributed by atoms with Gasteiger partial charge >= 0.3 is 0 Å².